The fourth-order valence-corrected chi connectivity index (χ4v) is 3.03. The van der Waals surface area contributed by atoms with Gasteiger partial charge in [0.1, 0.15) is 6.04 Å². The smallest absolute Gasteiger partial charge is 0.274 e. The van der Waals surface area contributed by atoms with Crippen LogP contribution in [0.25, 0.3) is 0 Å². The number of nitrogens with zero attached hydrogens (tertiary/aromatic N) is 1. The first-order chi connectivity index (χ1) is 11.6. The van der Waals surface area contributed by atoms with Crippen LogP contribution in [0.4, 0.5) is 11.4 Å². The van der Waals surface area contributed by atoms with Crippen LogP contribution in [0.15, 0.2) is 48.5 Å². The number of hydroxylamine groups is 1. The van der Waals surface area contributed by atoms with Gasteiger partial charge in [-0.2, -0.15) is 0 Å². The van der Waals surface area contributed by atoms with E-state index in [1.807, 2.05) is 23.1 Å². The Hall–Kier alpha value is -2.57. The quantitative estimate of drug-likeness (QED) is 0.587. The van der Waals surface area contributed by atoms with Gasteiger partial charge in [0.05, 0.1) is 10.7 Å². The minimum Gasteiger partial charge on any atom is -0.354 e. The molecule has 7 heteroatoms. The molecule has 0 aliphatic carbocycles. The van der Waals surface area contributed by atoms with E-state index < -0.39 is 5.91 Å². The molecule has 24 heavy (non-hydrogen) atoms. The van der Waals surface area contributed by atoms with Crippen molar-refractivity contribution in [1.82, 2.24) is 10.8 Å². The van der Waals surface area contributed by atoms with Crippen LogP contribution in [0, 0.1) is 0 Å². The van der Waals surface area contributed by atoms with E-state index in [4.69, 9.17) is 16.8 Å². The summed E-state index contributed by atoms with van der Waals surface area (Å²) in [5, 5.41) is 12.1. The minimum atomic E-state index is -0.593. The molecule has 6 nitrogen and oxygen atoms in total. The molecule has 2 amide bonds. The molecule has 2 aromatic rings. The van der Waals surface area contributed by atoms with Gasteiger partial charge < -0.3 is 10.2 Å². The van der Waals surface area contributed by atoms with Gasteiger partial charge in [-0.3, -0.25) is 14.8 Å². The van der Waals surface area contributed by atoms with E-state index in [1.165, 1.54) is 0 Å². The summed E-state index contributed by atoms with van der Waals surface area (Å²) in [5.74, 6) is -0.656. The summed E-state index contributed by atoms with van der Waals surface area (Å²) in [6, 6.07) is 13.5. The van der Waals surface area contributed by atoms with Gasteiger partial charge in [0.25, 0.3) is 5.91 Å². The van der Waals surface area contributed by atoms with Crippen LogP contribution >= 0.6 is 11.6 Å². The highest BCUT2D eigenvalue weighted by Crippen LogP contribution is 2.35. The van der Waals surface area contributed by atoms with Crippen molar-refractivity contribution < 1.29 is 14.8 Å². The molecule has 0 spiro atoms. The largest absolute Gasteiger partial charge is 0.354 e. The zero-order valence-electron chi connectivity index (χ0n) is 12.7. The Morgan fingerprint density at radius 3 is 2.50 bits per heavy atom. The average molecular weight is 346 g/mol. The number of nitrogens with one attached hydrogen (secondary N) is 2. The van der Waals surface area contributed by atoms with Gasteiger partial charge >= 0.3 is 0 Å². The number of benzene rings is 2. The van der Waals surface area contributed by atoms with Crippen molar-refractivity contribution in [1.29, 1.82) is 0 Å². The van der Waals surface area contributed by atoms with Crippen molar-refractivity contribution in [3.63, 3.8) is 0 Å². The van der Waals surface area contributed by atoms with Crippen molar-refractivity contribution in [2.75, 3.05) is 11.4 Å². The number of amides is 2. The zero-order valence-corrected chi connectivity index (χ0v) is 13.5. The first-order valence-corrected chi connectivity index (χ1v) is 7.85. The highest BCUT2D eigenvalue weighted by molar-refractivity contribution is 6.33. The average Bonchev–Trinajstić information content (AvgIpc) is 3.02. The number of hydrogen-bond donors (Lipinski definition) is 3. The lowest BCUT2D eigenvalue weighted by Gasteiger charge is -2.30. The number of anilines is 2. The van der Waals surface area contributed by atoms with Gasteiger partial charge in [0.2, 0.25) is 5.91 Å². The maximum absolute atomic E-state index is 12.2. The second-order valence-corrected chi connectivity index (χ2v) is 5.81. The van der Waals surface area contributed by atoms with Crippen LogP contribution in [-0.4, -0.2) is 29.6 Å². The fraction of sp³-hybridized carbons (Fsp3) is 0.176. The predicted molar refractivity (Wildman–Crippen MR) is 90.7 cm³/mol. The molecule has 124 valence electrons. The van der Waals surface area contributed by atoms with Gasteiger partial charge in [-0.15, -0.1) is 0 Å². The van der Waals surface area contributed by atoms with E-state index >= 15 is 0 Å². The molecule has 3 N–H and O–H groups in total. The summed E-state index contributed by atoms with van der Waals surface area (Å²) in [5.41, 5.74) is 3.37. The lowest BCUT2D eigenvalue weighted by atomic mass is 10.1. The number of rotatable bonds is 4. The molecular formula is C17H16ClN3O3. The maximum Gasteiger partial charge on any atom is 0.274 e. The Bertz CT molecular complexity index is 764. The SMILES string of the molecule is O=C(NO)c1ccc(N(c2ccccc2Cl)C2CCNC2=O)cc1. The van der Waals surface area contributed by atoms with Crippen molar-refractivity contribution in [3.05, 3.63) is 59.1 Å². The molecule has 1 aliphatic rings. The molecule has 1 unspecified atom stereocenters. The third kappa shape index (κ3) is 3.06. The van der Waals surface area contributed by atoms with Crippen LogP contribution in [0.1, 0.15) is 16.8 Å². The maximum atomic E-state index is 12.2. The van der Waals surface area contributed by atoms with Gasteiger partial charge in [0, 0.05) is 17.8 Å². The van der Waals surface area contributed by atoms with Crippen molar-refractivity contribution in [2.24, 2.45) is 0 Å². The topological polar surface area (TPSA) is 81.7 Å². The number of hydrogen-bond acceptors (Lipinski definition) is 4. The molecule has 1 heterocycles. The van der Waals surface area contributed by atoms with Crippen LogP contribution < -0.4 is 15.7 Å². The molecule has 0 aromatic heterocycles. The van der Waals surface area contributed by atoms with Gasteiger partial charge in [0.15, 0.2) is 0 Å². The van der Waals surface area contributed by atoms with Crippen LogP contribution in [0.3, 0.4) is 0 Å². The zero-order chi connectivity index (χ0) is 17.1. The Kier molecular flexibility index (Phi) is 4.69. The normalized spacial score (nSPS) is 16.6. The monoisotopic (exact) mass is 345 g/mol. The number of carbonyl (C=O) groups excluding carboxylic acids is 2. The van der Waals surface area contributed by atoms with Crippen LogP contribution in [0.5, 0.6) is 0 Å². The first kappa shape index (κ1) is 16.3. The van der Waals surface area contributed by atoms with Gasteiger partial charge in [-0.05, 0) is 42.8 Å². The van der Waals surface area contributed by atoms with Crippen molar-refractivity contribution in [3.8, 4) is 0 Å². The molecule has 1 atom stereocenters. The second-order valence-electron chi connectivity index (χ2n) is 5.40. The number of carbonyl (C=O) groups is 2. The third-order valence-electron chi connectivity index (χ3n) is 3.95. The molecule has 0 saturated carbocycles. The summed E-state index contributed by atoms with van der Waals surface area (Å²) in [4.78, 5) is 25.5. The number of para-hydroxylation sites is 1. The molecule has 1 aliphatic heterocycles. The van der Waals surface area contributed by atoms with Gasteiger partial charge in [-0.1, -0.05) is 23.7 Å². The molecule has 3 rings (SSSR count). The molecular weight excluding hydrogens is 330 g/mol. The Labute approximate surface area is 144 Å². The van der Waals surface area contributed by atoms with E-state index in [0.29, 0.717) is 23.6 Å². The predicted octanol–water partition coefficient (Wildman–Crippen LogP) is 2.49. The standard InChI is InChI=1S/C17H16ClN3O3/c18-13-3-1-2-4-14(13)21(15-9-10-19-17(15)23)12-7-5-11(6-8-12)16(22)20-24/h1-8,15,24H,9-10H2,(H,19,23)(H,20,22). The van der Waals surface area contributed by atoms with Crippen LogP contribution in [0.2, 0.25) is 5.02 Å². The minimum absolute atomic E-state index is 0.0629. The van der Waals surface area contributed by atoms with Gasteiger partial charge in [-0.25, -0.2) is 5.48 Å². The highest BCUT2D eigenvalue weighted by atomic mass is 35.5. The third-order valence-corrected chi connectivity index (χ3v) is 4.27. The fourth-order valence-electron chi connectivity index (χ4n) is 2.80. The Morgan fingerprint density at radius 2 is 1.92 bits per heavy atom. The Balaban J connectivity index is 2.03. The van der Waals surface area contributed by atoms with E-state index in [-0.39, 0.29) is 11.9 Å². The molecule has 1 saturated heterocycles. The van der Waals surface area contributed by atoms with Crippen molar-refractivity contribution >= 4 is 34.8 Å². The second kappa shape index (κ2) is 6.90. The van der Waals surface area contributed by atoms with E-state index in [9.17, 15) is 9.59 Å². The Morgan fingerprint density at radius 1 is 1.21 bits per heavy atom. The summed E-state index contributed by atoms with van der Waals surface area (Å²) >= 11 is 6.33. The summed E-state index contributed by atoms with van der Waals surface area (Å²) in [6.45, 7) is 0.607. The van der Waals surface area contributed by atoms with Crippen LogP contribution in [-0.2, 0) is 4.79 Å². The lowest BCUT2D eigenvalue weighted by molar-refractivity contribution is -0.120. The first-order valence-electron chi connectivity index (χ1n) is 7.48. The molecule has 2 aromatic carbocycles. The van der Waals surface area contributed by atoms with E-state index in [2.05, 4.69) is 5.32 Å². The molecule has 1 fully saturated rings. The summed E-state index contributed by atoms with van der Waals surface area (Å²) in [6.07, 6.45) is 0.656. The lowest BCUT2D eigenvalue weighted by Crippen LogP contribution is -2.37. The van der Waals surface area contributed by atoms with E-state index in [0.717, 1.165) is 11.4 Å². The molecule has 0 radical (unpaired) electrons. The van der Waals surface area contributed by atoms with E-state index in [1.54, 1.807) is 35.8 Å². The number of halogens is 1. The van der Waals surface area contributed by atoms with Crippen molar-refractivity contribution in [2.45, 2.75) is 12.5 Å². The highest BCUT2D eigenvalue weighted by Gasteiger charge is 2.32. The summed E-state index contributed by atoms with van der Waals surface area (Å²) in [7, 11) is 0. The summed E-state index contributed by atoms with van der Waals surface area (Å²) < 4.78 is 0. The molecule has 0 bridgehead atoms.